The van der Waals surface area contributed by atoms with Gasteiger partial charge in [0.25, 0.3) is 5.56 Å². The van der Waals surface area contributed by atoms with Gasteiger partial charge in [-0.1, -0.05) is 48.5 Å². The largest absolute Gasteiger partial charge is 0.494 e. The molecule has 0 spiro atoms. The number of H-pyrrole nitrogens is 1. The van der Waals surface area contributed by atoms with E-state index in [0.29, 0.717) is 11.1 Å². The fourth-order valence-electron chi connectivity index (χ4n) is 3.39. The third-order valence-corrected chi connectivity index (χ3v) is 4.77. The molecule has 2 atom stereocenters. The smallest absolute Gasteiger partial charge is 0.339 e. The second-order valence-corrected chi connectivity index (χ2v) is 6.33. The van der Waals surface area contributed by atoms with Crippen molar-refractivity contribution in [2.75, 3.05) is 0 Å². The molecule has 7 heteroatoms. The summed E-state index contributed by atoms with van der Waals surface area (Å²) in [4.78, 5) is 39.2. The zero-order valence-corrected chi connectivity index (χ0v) is 14.4. The van der Waals surface area contributed by atoms with Crippen LogP contribution < -0.4 is 11.2 Å². The van der Waals surface area contributed by atoms with E-state index < -0.39 is 35.2 Å². The van der Waals surface area contributed by atoms with Gasteiger partial charge in [0.15, 0.2) is 6.10 Å². The van der Waals surface area contributed by atoms with Crippen LogP contribution in [0.15, 0.2) is 64.2 Å². The van der Waals surface area contributed by atoms with Crippen LogP contribution in [-0.2, 0) is 4.74 Å². The zero-order chi connectivity index (χ0) is 19.1. The first kappa shape index (κ1) is 16.8. The summed E-state index contributed by atoms with van der Waals surface area (Å²) in [7, 11) is 0. The Morgan fingerprint density at radius 1 is 1.04 bits per heavy atom. The summed E-state index contributed by atoms with van der Waals surface area (Å²) >= 11 is 0. The maximum Gasteiger partial charge on any atom is 0.339 e. The van der Waals surface area contributed by atoms with Crippen LogP contribution in [0.1, 0.15) is 46.1 Å². The topological polar surface area (TPSA) is 101 Å². The number of nitrogens with one attached hydrogen (secondary N) is 1. The van der Waals surface area contributed by atoms with Crippen molar-refractivity contribution < 1.29 is 14.6 Å². The Labute approximate surface area is 153 Å². The number of cyclic esters (lactones) is 1. The van der Waals surface area contributed by atoms with Gasteiger partial charge in [0.2, 0.25) is 5.88 Å². The number of carbonyl (C=O) groups is 1. The van der Waals surface area contributed by atoms with Crippen LogP contribution in [0.25, 0.3) is 0 Å². The van der Waals surface area contributed by atoms with Crippen LogP contribution >= 0.6 is 0 Å². The first-order valence-electron chi connectivity index (χ1n) is 8.41. The Morgan fingerprint density at radius 2 is 1.70 bits per heavy atom. The molecule has 27 heavy (non-hydrogen) atoms. The summed E-state index contributed by atoms with van der Waals surface area (Å²) < 4.78 is 6.41. The van der Waals surface area contributed by atoms with Gasteiger partial charge in [-0.3, -0.25) is 14.3 Å². The van der Waals surface area contributed by atoms with Gasteiger partial charge in [-0.05, 0) is 18.6 Å². The van der Waals surface area contributed by atoms with Gasteiger partial charge in [-0.25, -0.2) is 9.59 Å². The van der Waals surface area contributed by atoms with Crippen molar-refractivity contribution in [1.82, 2.24) is 9.55 Å². The van der Waals surface area contributed by atoms with Crippen molar-refractivity contribution in [2.45, 2.75) is 19.1 Å². The molecule has 0 unspecified atom stereocenters. The Morgan fingerprint density at radius 3 is 2.44 bits per heavy atom. The maximum atomic E-state index is 12.5. The Bertz CT molecular complexity index is 1150. The van der Waals surface area contributed by atoms with Crippen molar-refractivity contribution in [3.05, 3.63) is 97.7 Å². The SMILES string of the molecule is C[C@H](c1ccccc1)n1c(O)c([C@H]2OC(=O)c3ccccc32)c(=O)[nH]c1=O. The fraction of sp³-hybridized carbons (Fsp3) is 0.150. The van der Waals surface area contributed by atoms with Gasteiger partial charge in [0.05, 0.1) is 11.6 Å². The number of fused-ring (bicyclic) bond motifs is 1. The van der Waals surface area contributed by atoms with Gasteiger partial charge in [-0.15, -0.1) is 0 Å². The van der Waals surface area contributed by atoms with Crippen LogP contribution in [0.3, 0.4) is 0 Å². The van der Waals surface area contributed by atoms with Crippen LogP contribution in [0.5, 0.6) is 5.88 Å². The van der Waals surface area contributed by atoms with Gasteiger partial charge >= 0.3 is 11.7 Å². The quantitative estimate of drug-likeness (QED) is 0.693. The number of carbonyl (C=O) groups excluding carboxylic acids is 1. The molecule has 0 fully saturated rings. The standard InChI is InChI=1S/C20H16N2O5/c1-11(12-7-3-2-4-8-12)22-18(24)15(17(23)21-20(22)26)16-13-9-5-6-10-14(13)19(25)27-16/h2-11,16,24H,1H3,(H,21,23,26)/t11-,16+/m1/s1. The highest BCUT2D eigenvalue weighted by Crippen LogP contribution is 2.37. The highest BCUT2D eigenvalue weighted by molar-refractivity contribution is 5.94. The number of nitrogens with zero attached hydrogens (tertiary/aromatic N) is 1. The van der Waals surface area contributed by atoms with Crippen molar-refractivity contribution in [3.63, 3.8) is 0 Å². The van der Waals surface area contributed by atoms with Crippen molar-refractivity contribution >= 4 is 5.97 Å². The number of aromatic amines is 1. The number of hydrogen-bond donors (Lipinski definition) is 2. The van der Waals surface area contributed by atoms with E-state index in [0.717, 1.165) is 10.1 Å². The molecule has 7 nitrogen and oxygen atoms in total. The van der Waals surface area contributed by atoms with E-state index in [1.165, 1.54) is 0 Å². The molecule has 0 saturated heterocycles. The summed E-state index contributed by atoms with van der Waals surface area (Å²) in [5.74, 6) is -1.10. The molecule has 136 valence electrons. The molecule has 0 bridgehead atoms. The molecule has 2 heterocycles. The third kappa shape index (κ3) is 2.64. The van der Waals surface area contributed by atoms with Crippen LogP contribution in [0, 0.1) is 0 Å². The predicted octanol–water partition coefficient (Wildman–Crippen LogP) is 2.11. The predicted molar refractivity (Wildman–Crippen MR) is 96.9 cm³/mol. The molecule has 0 amide bonds. The monoisotopic (exact) mass is 364 g/mol. The average molecular weight is 364 g/mol. The highest BCUT2D eigenvalue weighted by atomic mass is 16.5. The average Bonchev–Trinajstić information content (AvgIpc) is 2.99. The summed E-state index contributed by atoms with van der Waals surface area (Å²) in [6.07, 6.45) is -1.08. The van der Waals surface area contributed by atoms with E-state index in [4.69, 9.17) is 4.74 Å². The number of hydrogen-bond acceptors (Lipinski definition) is 5. The Kier molecular flexibility index (Phi) is 3.92. The fourth-order valence-corrected chi connectivity index (χ4v) is 3.39. The van der Waals surface area contributed by atoms with E-state index in [2.05, 4.69) is 4.98 Å². The van der Waals surface area contributed by atoms with Crippen molar-refractivity contribution in [2.24, 2.45) is 0 Å². The molecular weight excluding hydrogens is 348 g/mol. The Hall–Kier alpha value is -3.61. The van der Waals surface area contributed by atoms with E-state index >= 15 is 0 Å². The Balaban J connectivity index is 1.91. The second-order valence-electron chi connectivity index (χ2n) is 6.33. The molecule has 3 aromatic rings. The summed E-state index contributed by atoms with van der Waals surface area (Å²) in [5.41, 5.74) is -0.123. The molecular formula is C20H16N2O5. The number of aromatic hydroxyl groups is 1. The normalized spacial score (nSPS) is 16.6. The highest BCUT2D eigenvalue weighted by Gasteiger charge is 2.37. The van der Waals surface area contributed by atoms with Crippen LogP contribution in [0.2, 0.25) is 0 Å². The summed E-state index contributed by atoms with van der Waals surface area (Å²) in [6.45, 7) is 1.73. The number of benzene rings is 2. The minimum atomic E-state index is -1.08. The lowest BCUT2D eigenvalue weighted by atomic mass is 10.0. The third-order valence-electron chi connectivity index (χ3n) is 4.77. The maximum absolute atomic E-state index is 12.5. The van der Waals surface area contributed by atoms with Crippen molar-refractivity contribution in [3.8, 4) is 5.88 Å². The molecule has 1 aliphatic heterocycles. The lowest BCUT2D eigenvalue weighted by molar-refractivity contribution is 0.0448. The molecule has 0 radical (unpaired) electrons. The van der Waals surface area contributed by atoms with E-state index in [9.17, 15) is 19.5 Å². The molecule has 0 saturated carbocycles. The first-order valence-corrected chi connectivity index (χ1v) is 8.41. The van der Waals surface area contributed by atoms with Crippen LogP contribution in [-0.4, -0.2) is 20.6 Å². The second kappa shape index (κ2) is 6.28. The minimum absolute atomic E-state index is 0.171. The summed E-state index contributed by atoms with van der Waals surface area (Å²) in [5, 5.41) is 10.8. The number of ether oxygens (including phenoxy) is 1. The number of aromatic nitrogens is 2. The van der Waals surface area contributed by atoms with Crippen molar-refractivity contribution in [1.29, 1.82) is 0 Å². The molecule has 0 aliphatic carbocycles. The molecule has 4 rings (SSSR count). The van der Waals surface area contributed by atoms with Gasteiger partial charge < -0.3 is 9.84 Å². The molecule has 1 aromatic heterocycles. The first-order chi connectivity index (χ1) is 13.0. The molecule has 1 aliphatic rings. The molecule has 2 N–H and O–H groups in total. The van der Waals surface area contributed by atoms with Gasteiger partial charge in [0.1, 0.15) is 5.56 Å². The van der Waals surface area contributed by atoms with Gasteiger partial charge in [-0.2, -0.15) is 0 Å². The van der Waals surface area contributed by atoms with E-state index in [1.54, 1.807) is 31.2 Å². The van der Waals surface area contributed by atoms with Crippen LogP contribution in [0.4, 0.5) is 0 Å². The van der Waals surface area contributed by atoms with E-state index in [1.807, 2.05) is 30.3 Å². The minimum Gasteiger partial charge on any atom is -0.494 e. The summed E-state index contributed by atoms with van der Waals surface area (Å²) in [6, 6.07) is 15.2. The lowest BCUT2D eigenvalue weighted by Gasteiger charge is -2.20. The molecule has 2 aromatic carbocycles. The number of rotatable bonds is 3. The number of esters is 1. The zero-order valence-electron chi connectivity index (χ0n) is 14.4. The lowest BCUT2D eigenvalue weighted by Crippen LogP contribution is -2.35. The van der Waals surface area contributed by atoms with E-state index in [-0.39, 0.29) is 5.56 Å². The van der Waals surface area contributed by atoms with Gasteiger partial charge in [0, 0.05) is 5.56 Å².